The quantitative estimate of drug-likeness (QED) is 0.831. The maximum absolute atomic E-state index is 12.3. The van der Waals surface area contributed by atoms with Gasteiger partial charge in [-0.2, -0.15) is 0 Å². The minimum absolute atomic E-state index is 0.0137. The molecular weight excluding hydrogens is 264 g/mol. The molecule has 19 heavy (non-hydrogen) atoms. The van der Waals surface area contributed by atoms with Gasteiger partial charge in [-0.25, -0.2) is 0 Å². The molecule has 0 saturated heterocycles. The minimum Gasteiger partial charge on any atom is -0.481 e. The fourth-order valence-electron chi connectivity index (χ4n) is 2.94. The van der Waals surface area contributed by atoms with Crippen molar-refractivity contribution in [1.82, 2.24) is 0 Å². The third-order valence-electron chi connectivity index (χ3n) is 3.89. The zero-order chi connectivity index (χ0) is 13.9. The van der Waals surface area contributed by atoms with Gasteiger partial charge in [0, 0.05) is 17.0 Å². The number of Topliss-reactive ketones (excluding diaryl/α,β-unsaturated/α-hetero) is 1. The molecular formula is C15H17ClO3. The molecule has 0 aliphatic heterocycles. The van der Waals surface area contributed by atoms with Crippen LogP contribution in [-0.4, -0.2) is 16.9 Å². The Morgan fingerprint density at radius 2 is 1.68 bits per heavy atom. The van der Waals surface area contributed by atoms with Crippen molar-refractivity contribution in [3.05, 3.63) is 34.9 Å². The Morgan fingerprint density at radius 3 is 2.21 bits per heavy atom. The van der Waals surface area contributed by atoms with Crippen LogP contribution >= 0.6 is 11.6 Å². The topological polar surface area (TPSA) is 54.4 Å². The van der Waals surface area contributed by atoms with Crippen molar-refractivity contribution in [3.8, 4) is 0 Å². The van der Waals surface area contributed by atoms with Gasteiger partial charge in [0.1, 0.15) is 0 Å². The lowest BCUT2D eigenvalue weighted by atomic mass is 9.77. The molecule has 1 aromatic carbocycles. The summed E-state index contributed by atoms with van der Waals surface area (Å²) in [6.45, 7) is 0. The molecule has 1 saturated carbocycles. The van der Waals surface area contributed by atoms with Crippen LogP contribution in [-0.2, 0) is 4.79 Å². The molecule has 1 aliphatic carbocycles. The molecule has 4 heteroatoms. The van der Waals surface area contributed by atoms with Gasteiger partial charge >= 0.3 is 5.97 Å². The van der Waals surface area contributed by atoms with Gasteiger partial charge in [-0.15, -0.1) is 0 Å². The summed E-state index contributed by atoms with van der Waals surface area (Å²) in [7, 11) is 0. The Balaban J connectivity index is 2.11. The number of aliphatic carboxylic acids is 1. The SMILES string of the molecule is O=C(O)CC1(CC(=O)c2ccc(Cl)cc2)CCCC1. The number of hydrogen-bond donors (Lipinski definition) is 1. The van der Waals surface area contributed by atoms with Crippen LogP contribution in [0.5, 0.6) is 0 Å². The molecule has 0 heterocycles. The molecule has 1 fully saturated rings. The van der Waals surface area contributed by atoms with Gasteiger partial charge in [-0.05, 0) is 42.5 Å². The van der Waals surface area contributed by atoms with Crippen molar-refractivity contribution < 1.29 is 14.7 Å². The van der Waals surface area contributed by atoms with E-state index in [-0.39, 0.29) is 17.6 Å². The molecule has 0 radical (unpaired) electrons. The second kappa shape index (κ2) is 5.74. The van der Waals surface area contributed by atoms with Crippen molar-refractivity contribution in [3.63, 3.8) is 0 Å². The van der Waals surface area contributed by atoms with Crippen LogP contribution in [0, 0.1) is 5.41 Å². The van der Waals surface area contributed by atoms with Crippen LogP contribution in [0.3, 0.4) is 0 Å². The zero-order valence-electron chi connectivity index (χ0n) is 10.7. The van der Waals surface area contributed by atoms with Crippen LogP contribution in [0.15, 0.2) is 24.3 Å². The number of halogens is 1. The summed E-state index contributed by atoms with van der Waals surface area (Å²) in [4.78, 5) is 23.3. The molecule has 0 amide bonds. The summed E-state index contributed by atoms with van der Waals surface area (Å²) < 4.78 is 0. The number of ketones is 1. The highest BCUT2D eigenvalue weighted by Gasteiger charge is 2.38. The molecule has 2 rings (SSSR count). The molecule has 1 aliphatic rings. The number of rotatable bonds is 5. The first-order chi connectivity index (χ1) is 9.01. The van der Waals surface area contributed by atoms with Gasteiger partial charge < -0.3 is 5.11 Å². The molecule has 0 bridgehead atoms. The summed E-state index contributed by atoms with van der Waals surface area (Å²) >= 11 is 5.79. The summed E-state index contributed by atoms with van der Waals surface area (Å²) in [5.41, 5.74) is 0.267. The third-order valence-corrected chi connectivity index (χ3v) is 4.14. The van der Waals surface area contributed by atoms with Crippen LogP contribution in [0.4, 0.5) is 0 Å². The Bertz CT molecular complexity index is 473. The van der Waals surface area contributed by atoms with Gasteiger partial charge in [-0.1, -0.05) is 24.4 Å². The van der Waals surface area contributed by atoms with Crippen LogP contribution in [0.1, 0.15) is 48.9 Å². The lowest BCUT2D eigenvalue weighted by molar-refractivity contribution is -0.139. The first-order valence-electron chi connectivity index (χ1n) is 6.51. The smallest absolute Gasteiger partial charge is 0.303 e. The van der Waals surface area contributed by atoms with E-state index in [1.807, 2.05) is 0 Å². The lowest BCUT2D eigenvalue weighted by Gasteiger charge is -2.26. The molecule has 0 aromatic heterocycles. The standard InChI is InChI=1S/C15H17ClO3/c16-12-5-3-11(4-6-12)13(17)9-15(10-14(18)19)7-1-2-8-15/h3-6H,1-2,7-10H2,(H,18,19). The number of carboxylic acids is 1. The molecule has 0 atom stereocenters. The van der Waals surface area contributed by atoms with Crippen molar-refractivity contribution in [2.75, 3.05) is 0 Å². The summed E-state index contributed by atoms with van der Waals surface area (Å²) in [5.74, 6) is -0.800. The maximum atomic E-state index is 12.3. The number of carboxylic acid groups (broad SMARTS) is 1. The number of hydrogen-bond acceptors (Lipinski definition) is 2. The van der Waals surface area contributed by atoms with Crippen LogP contribution in [0.25, 0.3) is 0 Å². The molecule has 1 N–H and O–H groups in total. The lowest BCUT2D eigenvalue weighted by Crippen LogP contribution is -2.24. The second-order valence-electron chi connectivity index (χ2n) is 5.38. The Hall–Kier alpha value is -1.35. The van der Waals surface area contributed by atoms with E-state index in [4.69, 9.17) is 16.7 Å². The maximum Gasteiger partial charge on any atom is 0.303 e. The molecule has 3 nitrogen and oxygen atoms in total. The monoisotopic (exact) mass is 280 g/mol. The zero-order valence-corrected chi connectivity index (χ0v) is 11.4. The molecule has 102 valence electrons. The van der Waals surface area contributed by atoms with Gasteiger partial charge in [0.15, 0.2) is 5.78 Å². The Morgan fingerprint density at radius 1 is 1.11 bits per heavy atom. The van der Waals surface area contributed by atoms with Crippen LogP contribution < -0.4 is 0 Å². The van der Waals surface area contributed by atoms with E-state index in [0.29, 0.717) is 17.0 Å². The fourth-order valence-corrected chi connectivity index (χ4v) is 3.07. The molecule has 0 unspecified atom stereocenters. The number of carbonyl (C=O) groups is 2. The first-order valence-corrected chi connectivity index (χ1v) is 6.89. The average molecular weight is 281 g/mol. The van der Waals surface area contributed by atoms with E-state index in [9.17, 15) is 9.59 Å². The predicted molar refractivity (Wildman–Crippen MR) is 73.6 cm³/mol. The Kier molecular flexibility index (Phi) is 4.25. The number of carbonyl (C=O) groups excluding carboxylic acids is 1. The van der Waals surface area contributed by atoms with E-state index in [0.717, 1.165) is 25.7 Å². The van der Waals surface area contributed by atoms with E-state index < -0.39 is 5.97 Å². The average Bonchev–Trinajstić information content (AvgIpc) is 2.77. The molecule has 1 aromatic rings. The first kappa shape index (κ1) is 14.1. The summed E-state index contributed by atoms with van der Waals surface area (Å²) in [5, 5.41) is 9.63. The predicted octanol–water partition coefficient (Wildman–Crippen LogP) is 3.95. The van der Waals surface area contributed by atoms with Gasteiger partial charge in [0.2, 0.25) is 0 Å². The van der Waals surface area contributed by atoms with Gasteiger partial charge in [-0.3, -0.25) is 9.59 Å². The van der Waals surface area contributed by atoms with E-state index in [2.05, 4.69) is 0 Å². The third kappa shape index (κ3) is 3.57. The van der Waals surface area contributed by atoms with Crippen molar-refractivity contribution in [2.24, 2.45) is 5.41 Å². The highest BCUT2D eigenvalue weighted by molar-refractivity contribution is 6.30. The normalized spacial score (nSPS) is 17.3. The van der Waals surface area contributed by atoms with E-state index in [1.54, 1.807) is 24.3 Å². The molecule has 0 spiro atoms. The van der Waals surface area contributed by atoms with Gasteiger partial charge in [0.05, 0.1) is 6.42 Å². The highest BCUT2D eigenvalue weighted by Crippen LogP contribution is 2.44. The minimum atomic E-state index is -0.814. The Labute approximate surface area is 117 Å². The highest BCUT2D eigenvalue weighted by atomic mass is 35.5. The van der Waals surface area contributed by atoms with Crippen molar-refractivity contribution in [2.45, 2.75) is 38.5 Å². The van der Waals surface area contributed by atoms with Crippen LogP contribution in [0.2, 0.25) is 5.02 Å². The fraction of sp³-hybridized carbons (Fsp3) is 0.467. The largest absolute Gasteiger partial charge is 0.481 e. The van der Waals surface area contributed by atoms with Crippen molar-refractivity contribution in [1.29, 1.82) is 0 Å². The summed E-state index contributed by atoms with van der Waals surface area (Å²) in [6, 6.07) is 6.78. The van der Waals surface area contributed by atoms with Gasteiger partial charge in [0.25, 0.3) is 0 Å². The summed E-state index contributed by atoms with van der Waals surface area (Å²) in [6.07, 6.45) is 4.10. The van der Waals surface area contributed by atoms with E-state index >= 15 is 0 Å². The second-order valence-corrected chi connectivity index (χ2v) is 5.82. The van der Waals surface area contributed by atoms with E-state index in [1.165, 1.54) is 0 Å². The van der Waals surface area contributed by atoms with Crippen molar-refractivity contribution >= 4 is 23.4 Å². The number of benzene rings is 1.